The number of hydrogen-bond acceptors (Lipinski definition) is 6. The Bertz CT molecular complexity index is 3580. The zero-order valence-electron chi connectivity index (χ0n) is 40.3. The van der Waals surface area contributed by atoms with Crippen molar-refractivity contribution < 1.29 is 28.2 Å². The number of nitrogens with zero attached hydrogens (tertiary/aromatic N) is 5. The summed E-state index contributed by atoms with van der Waals surface area (Å²) in [5.74, 6) is -0.108. The maximum absolute atomic E-state index is 12.6. The van der Waals surface area contributed by atoms with E-state index in [1.54, 1.807) is 12.1 Å². The van der Waals surface area contributed by atoms with Crippen LogP contribution in [-0.2, 0) is 49.1 Å². The molecule has 0 amide bonds. The van der Waals surface area contributed by atoms with Crippen molar-refractivity contribution in [2.45, 2.75) is 115 Å². The number of para-hydroxylation sites is 2. The van der Waals surface area contributed by atoms with E-state index >= 15 is 0 Å². The van der Waals surface area contributed by atoms with Crippen molar-refractivity contribution in [3.8, 4) is 22.5 Å². The number of carbonyl (C=O) groups is 2. The third kappa shape index (κ3) is 7.39. The van der Waals surface area contributed by atoms with Crippen molar-refractivity contribution >= 4 is 65.4 Å². The number of rotatable bonds is 8. The van der Waals surface area contributed by atoms with Crippen molar-refractivity contribution in [1.82, 2.24) is 23.2 Å². The Balaban J connectivity index is 0.908. The number of nitrogens with two attached hydrogens (primary N) is 1. The first-order chi connectivity index (χ1) is 34.5. The summed E-state index contributed by atoms with van der Waals surface area (Å²) in [5, 5.41) is 25.3. The fourth-order valence-corrected chi connectivity index (χ4v) is 15.6. The van der Waals surface area contributed by atoms with Gasteiger partial charge in [0.2, 0.25) is 0 Å². The fourth-order valence-electron chi connectivity index (χ4n) is 14.4. The molecule has 8 aromatic rings. The van der Waals surface area contributed by atoms with Crippen LogP contribution in [0.25, 0.3) is 66.1 Å². The van der Waals surface area contributed by atoms with E-state index < -0.39 is 21.8 Å². The number of aromatic nitrogens is 4. The number of aryl methyl sites for hydroxylation is 2. The average Bonchev–Trinajstić information content (AvgIpc) is 4.11. The molecule has 1 unspecified atom stereocenters. The zero-order valence-corrected chi connectivity index (χ0v) is 41.1. The molecule has 1 atom stereocenters. The molecule has 1 saturated heterocycles. The lowest BCUT2D eigenvalue weighted by molar-refractivity contribution is 0.0686. The van der Waals surface area contributed by atoms with Gasteiger partial charge >= 0.3 is 11.9 Å². The number of carboxylic acid groups (broad SMARTS) is 2. The second kappa shape index (κ2) is 17.3. The quantitative estimate of drug-likeness (QED) is 0.136. The fraction of sp³-hybridized carbons (Fsp3) is 0.414. The van der Waals surface area contributed by atoms with E-state index in [0.717, 1.165) is 93.1 Å². The molecular formula is C58H62N6O6S. The van der Waals surface area contributed by atoms with Gasteiger partial charge in [-0.3, -0.25) is 4.90 Å². The van der Waals surface area contributed by atoms with Crippen molar-refractivity contribution in [3.05, 3.63) is 119 Å². The average molecular weight is 971 g/mol. The Kier molecular flexibility index (Phi) is 10.9. The van der Waals surface area contributed by atoms with Crippen molar-refractivity contribution in [2.75, 3.05) is 24.6 Å². The maximum Gasteiger partial charge on any atom is 0.335 e. The largest absolute Gasteiger partial charge is 0.478 e. The van der Waals surface area contributed by atoms with Gasteiger partial charge in [0, 0.05) is 108 Å². The molecule has 71 heavy (non-hydrogen) atoms. The first kappa shape index (κ1) is 44.8. The molecule has 0 radical (unpaired) electrons. The van der Waals surface area contributed by atoms with Crippen LogP contribution in [0.2, 0.25) is 0 Å². The SMILES string of the molecule is NCc1cn2c3c(cccc13)-c1c(C3CCCCC3)c3ccc(C(=O)O)cc3n1CC(C1CCC(c3c4n(c5cc(C(=O)O)ccc35)CCCn3cc(CN5CCS(=O)(=O)CC5)c5cccc-4c53)CC1)C2. The lowest BCUT2D eigenvalue weighted by Gasteiger charge is -2.37. The van der Waals surface area contributed by atoms with Crippen LogP contribution >= 0.6 is 0 Å². The molecule has 13 rings (SSSR count). The molecule has 5 aliphatic rings. The Labute approximate surface area is 413 Å². The van der Waals surface area contributed by atoms with Gasteiger partial charge in [0.25, 0.3) is 0 Å². The summed E-state index contributed by atoms with van der Waals surface area (Å²) >= 11 is 0. The highest BCUT2D eigenvalue weighted by Crippen LogP contribution is 2.52. The summed E-state index contributed by atoms with van der Waals surface area (Å²) in [6.07, 6.45) is 15.5. The molecule has 4 aromatic carbocycles. The third-order valence-corrected chi connectivity index (χ3v) is 19.3. The predicted octanol–water partition coefficient (Wildman–Crippen LogP) is 11.0. The van der Waals surface area contributed by atoms with Crippen molar-refractivity contribution in [3.63, 3.8) is 0 Å². The number of benzene rings is 4. The zero-order chi connectivity index (χ0) is 48.3. The predicted molar refractivity (Wildman–Crippen MR) is 280 cm³/mol. The van der Waals surface area contributed by atoms with Gasteiger partial charge < -0.3 is 34.2 Å². The Morgan fingerprint density at radius 1 is 0.577 bits per heavy atom. The van der Waals surface area contributed by atoms with Gasteiger partial charge in [-0.15, -0.1) is 0 Å². The molecule has 3 aliphatic heterocycles. The van der Waals surface area contributed by atoms with Crippen LogP contribution in [0, 0.1) is 11.8 Å². The van der Waals surface area contributed by atoms with E-state index in [4.69, 9.17) is 5.73 Å². The Hall–Kier alpha value is -6.15. The minimum atomic E-state index is -3.00. The highest BCUT2D eigenvalue weighted by atomic mass is 32.2. The summed E-state index contributed by atoms with van der Waals surface area (Å²) in [4.78, 5) is 27.4. The number of aromatic carboxylic acids is 2. The minimum absolute atomic E-state index is 0.195. The number of sulfone groups is 1. The second-order valence-corrected chi connectivity index (χ2v) is 23.9. The normalized spacial score (nSPS) is 21.7. The van der Waals surface area contributed by atoms with E-state index in [2.05, 4.69) is 84.1 Å². The van der Waals surface area contributed by atoms with Gasteiger partial charge in [0.05, 0.1) is 45.1 Å². The molecule has 2 saturated carbocycles. The summed E-state index contributed by atoms with van der Waals surface area (Å²) in [6.45, 7) is 5.45. The van der Waals surface area contributed by atoms with Crippen LogP contribution in [0.15, 0.2) is 85.2 Å². The molecule has 12 nitrogen and oxygen atoms in total. The van der Waals surface area contributed by atoms with Crippen LogP contribution in [-0.4, -0.2) is 78.3 Å². The lowest BCUT2D eigenvalue weighted by atomic mass is 9.72. The van der Waals surface area contributed by atoms with E-state index in [-0.39, 0.29) is 23.3 Å². The van der Waals surface area contributed by atoms with Gasteiger partial charge in [0.1, 0.15) is 0 Å². The molecule has 4 aromatic heterocycles. The molecule has 2 aliphatic carbocycles. The smallest absolute Gasteiger partial charge is 0.335 e. The summed E-state index contributed by atoms with van der Waals surface area (Å²) in [7, 11) is -3.00. The topological polar surface area (TPSA) is 158 Å². The highest BCUT2D eigenvalue weighted by molar-refractivity contribution is 7.91. The molecule has 3 fully saturated rings. The molecule has 0 spiro atoms. The summed E-state index contributed by atoms with van der Waals surface area (Å²) in [6, 6.07) is 24.9. The summed E-state index contributed by atoms with van der Waals surface area (Å²) in [5.41, 5.74) is 21.5. The monoisotopic (exact) mass is 970 g/mol. The van der Waals surface area contributed by atoms with Crippen LogP contribution < -0.4 is 5.73 Å². The van der Waals surface area contributed by atoms with Crippen LogP contribution in [0.3, 0.4) is 0 Å². The Morgan fingerprint density at radius 2 is 1.15 bits per heavy atom. The third-order valence-electron chi connectivity index (χ3n) is 17.7. The van der Waals surface area contributed by atoms with E-state index in [0.29, 0.717) is 49.1 Å². The van der Waals surface area contributed by atoms with Crippen LogP contribution in [0.4, 0.5) is 0 Å². The van der Waals surface area contributed by atoms with E-state index in [1.165, 1.54) is 85.7 Å². The van der Waals surface area contributed by atoms with Crippen LogP contribution in [0.1, 0.15) is 119 Å². The van der Waals surface area contributed by atoms with Gasteiger partial charge in [-0.05, 0) is 115 Å². The lowest BCUT2D eigenvalue weighted by Crippen LogP contribution is -2.39. The van der Waals surface area contributed by atoms with E-state index in [9.17, 15) is 28.2 Å². The molecule has 366 valence electrons. The van der Waals surface area contributed by atoms with Gasteiger partial charge in [-0.25, -0.2) is 18.0 Å². The second-order valence-electron chi connectivity index (χ2n) is 21.6. The van der Waals surface area contributed by atoms with Crippen molar-refractivity contribution in [1.29, 1.82) is 0 Å². The van der Waals surface area contributed by atoms with Crippen LogP contribution in [0.5, 0.6) is 0 Å². The number of carboxylic acids is 2. The van der Waals surface area contributed by atoms with Gasteiger partial charge in [-0.1, -0.05) is 67.8 Å². The van der Waals surface area contributed by atoms with Gasteiger partial charge in [-0.2, -0.15) is 0 Å². The van der Waals surface area contributed by atoms with Crippen molar-refractivity contribution in [2.24, 2.45) is 17.6 Å². The number of hydrogen-bond donors (Lipinski definition) is 3. The molecule has 0 bridgehead atoms. The molecule has 13 heteroatoms. The van der Waals surface area contributed by atoms with Gasteiger partial charge in [0.15, 0.2) is 9.84 Å². The summed E-state index contributed by atoms with van der Waals surface area (Å²) < 4.78 is 34.6. The maximum atomic E-state index is 12.6. The highest BCUT2D eigenvalue weighted by Gasteiger charge is 2.37. The first-order valence-electron chi connectivity index (χ1n) is 26.2. The number of fused-ring (bicyclic) bond motifs is 8. The molecule has 4 N–H and O–H groups in total. The standard InChI is InChI=1S/C58H62N6O6S/c59-29-40-31-62-32-41(34-64-50-28-39(58(67)68)18-20-46(50)51(36-7-2-1-3-8-36)56(64)48-12-4-9-43(40)54(48)62)35-13-15-37(16-14-35)52-45-19-17-38(57(65)66)27-49(45)63-22-6-21-61-33-42(30-60-23-25-71(69,70)26-24-60)44-10-5-11-47(53(44)61)55(52)63/h4-5,9-12,17-20,27-28,31,33,35-37,41H,1-3,6-8,13-16,21-26,29-30,32,34,59H2,(H,65,66)(H,67,68). The first-order valence-corrected chi connectivity index (χ1v) is 28.0. The minimum Gasteiger partial charge on any atom is -0.478 e. The molecular weight excluding hydrogens is 909 g/mol. The van der Waals surface area contributed by atoms with E-state index in [1.807, 2.05) is 12.1 Å². The Morgan fingerprint density at radius 3 is 1.79 bits per heavy atom. The molecule has 7 heterocycles.